The third-order valence-electron chi connectivity index (χ3n) is 4.52. The van der Waals surface area contributed by atoms with Gasteiger partial charge in [0.1, 0.15) is 0 Å². The van der Waals surface area contributed by atoms with Gasteiger partial charge in [0.2, 0.25) is 5.91 Å². The Morgan fingerprint density at radius 2 is 1.57 bits per heavy atom. The summed E-state index contributed by atoms with van der Waals surface area (Å²) in [6, 6.07) is 21.3. The number of benzene rings is 3. The van der Waals surface area contributed by atoms with Gasteiger partial charge in [-0.3, -0.25) is 4.79 Å². The van der Waals surface area contributed by atoms with E-state index in [-0.39, 0.29) is 0 Å². The SMILES string of the molecule is NN=Cc1ccc(-c2ccccc2Cc2c(C=NN)cccc2C(N)=O)cc1. The van der Waals surface area contributed by atoms with Gasteiger partial charge in [-0.2, -0.15) is 10.2 Å². The molecule has 0 radical (unpaired) electrons. The third-order valence-corrected chi connectivity index (χ3v) is 4.52. The largest absolute Gasteiger partial charge is 0.366 e. The molecule has 140 valence electrons. The van der Waals surface area contributed by atoms with E-state index >= 15 is 0 Å². The van der Waals surface area contributed by atoms with Crippen LogP contribution in [0.4, 0.5) is 0 Å². The molecule has 6 heteroatoms. The number of rotatable bonds is 6. The van der Waals surface area contributed by atoms with Crippen LogP contribution in [-0.2, 0) is 6.42 Å². The summed E-state index contributed by atoms with van der Waals surface area (Å²) in [6.45, 7) is 0. The molecule has 0 spiro atoms. The molecule has 0 aliphatic heterocycles. The third kappa shape index (κ3) is 4.07. The molecular formula is C22H21N5O. The quantitative estimate of drug-likeness (QED) is 0.351. The second kappa shape index (κ2) is 8.64. The first-order chi connectivity index (χ1) is 13.6. The zero-order valence-electron chi connectivity index (χ0n) is 15.2. The molecule has 6 N–H and O–H groups in total. The highest BCUT2D eigenvalue weighted by atomic mass is 16.1. The van der Waals surface area contributed by atoms with Crippen LogP contribution in [-0.4, -0.2) is 18.3 Å². The molecule has 0 fully saturated rings. The lowest BCUT2D eigenvalue weighted by Crippen LogP contribution is -2.15. The summed E-state index contributed by atoms with van der Waals surface area (Å²) in [5, 5.41) is 7.16. The van der Waals surface area contributed by atoms with E-state index in [2.05, 4.69) is 10.2 Å². The van der Waals surface area contributed by atoms with Gasteiger partial charge in [-0.25, -0.2) is 0 Å². The van der Waals surface area contributed by atoms with Crippen LogP contribution < -0.4 is 17.4 Å². The van der Waals surface area contributed by atoms with Gasteiger partial charge in [-0.15, -0.1) is 0 Å². The number of carbonyl (C=O) groups is 1. The smallest absolute Gasteiger partial charge is 0.249 e. The van der Waals surface area contributed by atoms with Crippen molar-refractivity contribution < 1.29 is 4.79 Å². The molecule has 1 amide bonds. The standard InChI is InChI=1S/C22H21N5O/c23-22(28)20-7-3-5-18(14-27-25)21(20)12-17-4-1-2-6-19(17)16-10-8-15(9-11-16)13-26-24/h1-11,13-14H,12,24-25H2,(H2,23,28). The molecule has 28 heavy (non-hydrogen) atoms. The van der Waals surface area contributed by atoms with Crippen molar-refractivity contribution in [3.8, 4) is 11.1 Å². The summed E-state index contributed by atoms with van der Waals surface area (Å²) in [6.07, 6.45) is 3.64. The number of hydrazone groups is 2. The Morgan fingerprint density at radius 3 is 2.25 bits per heavy atom. The van der Waals surface area contributed by atoms with E-state index in [0.29, 0.717) is 12.0 Å². The van der Waals surface area contributed by atoms with Crippen molar-refractivity contribution >= 4 is 18.3 Å². The predicted octanol–water partition coefficient (Wildman–Crippen LogP) is 2.63. The Morgan fingerprint density at radius 1 is 0.857 bits per heavy atom. The van der Waals surface area contributed by atoms with Gasteiger partial charge in [0.25, 0.3) is 0 Å². The maximum Gasteiger partial charge on any atom is 0.249 e. The average molecular weight is 371 g/mol. The molecule has 0 atom stereocenters. The van der Waals surface area contributed by atoms with Crippen molar-refractivity contribution in [2.75, 3.05) is 0 Å². The van der Waals surface area contributed by atoms with E-state index < -0.39 is 5.91 Å². The van der Waals surface area contributed by atoms with Crippen molar-refractivity contribution in [2.45, 2.75) is 6.42 Å². The lowest BCUT2D eigenvalue weighted by atomic mass is 9.90. The molecule has 0 aromatic heterocycles. The minimum Gasteiger partial charge on any atom is -0.366 e. The first-order valence-corrected chi connectivity index (χ1v) is 8.70. The highest BCUT2D eigenvalue weighted by Crippen LogP contribution is 2.28. The van der Waals surface area contributed by atoms with Crippen LogP contribution >= 0.6 is 0 Å². The van der Waals surface area contributed by atoms with Crippen LogP contribution in [0.15, 0.2) is 76.9 Å². The summed E-state index contributed by atoms with van der Waals surface area (Å²) in [4.78, 5) is 11.9. The minimum atomic E-state index is -0.481. The fraction of sp³-hybridized carbons (Fsp3) is 0.0455. The second-order valence-corrected chi connectivity index (χ2v) is 6.25. The Labute approximate surface area is 163 Å². The Hall–Kier alpha value is -3.93. The molecular weight excluding hydrogens is 350 g/mol. The van der Waals surface area contributed by atoms with E-state index in [1.807, 2.05) is 54.6 Å². The van der Waals surface area contributed by atoms with E-state index in [4.69, 9.17) is 17.4 Å². The molecule has 0 aliphatic carbocycles. The second-order valence-electron chi connectivity index (χ2n) is 6.25. The van der Waals surface area contributed by atoms with Crippen molar-refractivity contribution in [1.82, 2.24) is 0 Å². The molecule has 6 nitrogen and oxygen atoms in total. The van der Waals surface area contributed by atoms with Gasteiger partial charge in [-0.05, 0) is 45.9 Å². The molecule has 0 aliphatic rings. The molecule has 3 rings (SSSR count). The molecule has 0 heterocycles. The van der Waals surface area contributed by atoms with Gasteiger partial charge in [0.15, 0.2) is 0 Å². The molecule has 3 aromatic carbocycles. The van der Waals surface area contributed by atoms with Gasteiger partial charge in [0, 0.05) is 5.56 Å². The lowest BCUT2D eigenvalue weighted by Gasteiger charge is -2.14. The Kier molecular flexibility index (Phi) is 5.81. The van der Waals surface area contributed by atoms with Crippen LogP contribution in [0.1, 0.15) is 32.6 Å². The molecule has 3 aromatic rings. The number of primary amides is 1. The molecule has 0 saturated heterocycles. The van der Waals surface area contributed by atoms with Gasteiger partial charge < -0.3 is 17.4 Å². The Balaban J connectivity index is 2.07. The monoisotopic (exact) mass is 371 g/mol. The van der Waals surface area contributed by atoms with E-state index in [1.165, 1.54) is 6.21 Å². The number of amides is 1. The summed E-state index contributed by atoms with van der Waals surface area (Å²) < 4.78 is 0. The number of hydrogen-bond acceptors (Lipinski definition) is 5. The fourth-order valence-corrected chi connectivity index (χ4v) is 3.22. The predicted molar refractivity (Wildman–Crippen MR) is 113 cm³/mol. The summed E-state index contributed by atoms with van der Waals surface area (Å²) in [5.41, 5.74) is 11.7. The molecule has 0 bridgehead atoms. The molecule has 0 saturated carbocycles. The van der Waals surface area contributed by atoms with E-state index in [0.717, 1.165) is 33.4 Å². The lowest BCUT2D eigenvalue weighted by molar-refractivity contribution is 0.0999. The number of nitrogens with zero attached hydrogens (tertiary/aromatic N) is 2. The van der Waals surface area contributed by atoms with Crippen molar-refractivity contribution in [3.63, 3.8) is 0 Å². The number of carbonyl (C=O) groups excluding carboxylic acids is 1. The van der Waals surface area contributed by atoms with Gasteiger partial charge >= 0.3 is 0 Å². The van der Waals surface area contributed by atoms with Crippen LogP contribution in [0.25, 0.3) is 11.1 Å². The van der Waals surface area contributed by atoms with Crippen molar-refractivity contribution in [3.05, 3.63) is 94.5 Å². The van der Waals surface area contributed by atoms with Crippen molar-refractivity contribution in [1.29, 1.82) is 0 Å². The highest BCUT2D eigenvalue weighted by Gasteiger charge is 2.14. The van der Waals surface area contributed by atoms with Crippen LogP contribution in [0.3, 0.4) is 0 Å². The molecule has 0 unspecified atom stereocenters. The van der Waals surface area contributed by atoms with Gasteiger partial charge in [0.05, 0.1) is 12.4 Å². The van der Waals surface area contributed by atoms with Gasteiger partial charge in [-0.1, -0.05) is 60.7 Å². The first kappa shape index (κ1) is 18.8. The highest BCUT2D eigenvalue weighted by molar-refractivity contribution is 5.97. The maximum absolute atomic E-state index is 11.9. The summed E-state index contributed by atoms with van der Waals surface area (Å²) in [5.74, 6) is 10.1. The van der Waals surface area contributed by atoms with Crippen LogP contribution in [0.2, 0.25) is 0 Å². The van der Waals surface area contributed by atoms with Crippen LogP contribution in [0, 0.1) is 0 Å². The topological polar surface area (TPSA) is 120 Å². The normalized spacial score (nSPS) is 11.3. The maximum atomic E-state index is 11.9. The number of hydrogen-bond donors (Lipinski definition) is 3. The zero-order valence-corrected chi connectivity index (χ0v) is 15.2. The summed E-state index contributed by atoms with van der Waals surface area (Å²) >= 11 is 0. The average Bonchev–Trinajstić information content (AvgIpc) is 2.70. The zero-order chi connectivity index (χ0) is 19.9. The number of nitrogens with two attached hydrogens (primary N) is 3. The van der Waals surface area contributed by atoms with Crippen LogP contribution in [0.5, 0.6) is 0 Å². The summed E-state index contributed by atoms with van der Waals surface area (Å²) in [7, 11) is 0. The van der Waals surface area contributed by atoms with E-state index in [9.17, 15) is 4.79 Å². The van der Waals surface area contributed by atoms with E-state index in [1.54, 1.807) is 18.3 Å². The minimum absolute atomic E-state index is 0.460. The van der Waals surface area contributed by atoms with Crippen molar-refractivity contribution in [2.24, 2.45) is 27.6 Å². The first-order valence-electron chi connectivity index (χ1n) is 8.70. The fourth-order valence-electron chi connectivity index (χ4n) is 3.22. The Bertz CT molecular complexity index is 1040.